The molecule has 2 N–H and O–H groups in total. The molecule has 0 amide bonds. The fraction of sp³-hybridized carbons (Fsp3) is 0.923. The van der Waals surface area contributed by atoms with Crippen LogP contribution < -0.4 is 0 Å². The van der Waals surface area contributed by atoms with Crippen LogP contribution in [0.15, 0.2) is 0 Å². The maximum atomic E-state index is 11.1. The molecule has 4 nitrogen and oxygen atoms in total. The predicted molar refractivity (Wildman–Crippen MR) is 66.6 cm³/mol. The highest BCUT2D eigenvalue weighted by Crippen LogP contribution is 2.25. The molecule has 1 saturated carbocycles. The summed E-state index contributed by atoms with van der Waals surface area (Å²) >= 11 is 0. The second-order valence-corrected chi connectivity index (χ2v) is 4.74. The van der Waals surface area contributed by atoms with Gasteiger partial charge >= 0.3 is 5.97 Å². The van der Waals surface area contributed by atoms with Gasteiger partial charge in [-0.1, -0.05) is 33.6 Å². The Kier molecular flexibility index (Phi) is 9.09. The third-order valence-electron chi connectivity index (χ3n) is 2.62. The maximum Gasteiger partial charge on any atom is 0.337 e. The third kappa shape index (κ3) is 7.34. The van der Waals surface area contributed by atoms with E-state index in [0.29, 0.717) is 5.92 Å². The Morgan fingerprint density at radius 1 is 1.41 bits per heavy atom. The summed E-state index contributed by atoms with van der Waals surface area (Å²) in [6, 6.07) is 0. The van der Waals surface area contributed by atoms with Gasteiger partial charge in [-0.05, 0) is 25.2 Å². The van der Waals surface area contributed by atoms with E-state index in [0.717, 1.165) is 19.3 Å². The number of hydrogen-bond acceptors (Lipinski definition) is 4. The molecule has 0 radical (unpaired) electrons. The normalized spacial score (nSPS) is 25.5. The van der Waals surface area contributed by atoms with Crippen LogP contribution in [0.1, 0.15) is 52.9 Å². The molecule has 0 aromatic carbocycles. The average Bonchev–Trinajstić information content (AvgIpc) is 2.29. The highest BCUT2D eigenvalue weighted by Gasteiger charge is 2.24. The topological polar surface area (TPSA) is 66.8 Å². The van der Waals surface area contributed by atoms with Crippen LogP contribution in [0.5, 0.6) is 0 Å². The Labute approximate surface area is 104 Å². The molecule has 1 aliphatic rings. The molecule has 1 fully saturated rings. The largest absolute Gasteiger partial charge is 0.460 e. The van der Waals surface area contributed by atoms with Gasteiger partial charge in [0.15, 0.2) is 6.10 Å². The lowest BCUT2D eigenvalue weighted by Crippen LogP contribution is -2.32. The number of ether oxygens (including phenoxy) is 1. The predicted octanol–water partition coefficient (Wildman–Crippen LogP) is 1.88. The Hall–Kier alpha value is -0.610. The van der Waals surface area contributed by atoms with Crippen molar-refractivity contribution >= 4 is 5.97 Å². The van der Waals surface area contributed by atoms with E-state index < -0.39 is 18.7 Å². The van der Waals surface area contributed by atoms with E-state index in [1.165, 1.54) is 12.8 Å². The fourth-order valence-corrected chi connectivity index (χ4v) is 1.80. The molecule has 0 bridgehead atoms. The zero-order chi connectivity index (χ0) is 13.3. The fourth-order valence-electron chi connectivity index (χ4n) is 1.80. The lowest BCUT2D eigenvalue weighted by atomic mass is 9.89. The highest BCUT2D eigenvalue weighted by molar-refractivity contribution is 5.74. The van der Waals surface area contributed by atoms with E-state index in [1.54, 1.807) is 0 Å². The van der Waals surface area contributed by atoms with E-state index in [2.05, 4.69) is 20.8 Å². The first kappa shape index (κ1) is 16.4. The van der Waals surface area contributed by atoms with Crippen LogP contribution in [0.3, 0.4) is 0 Å². The van der Waals surface area contributed by atoms with E-state index in [1.807, 2.05) is 0 Å². The van der Waals surface area contributed by atoms with Crippen molar-refractivity contribution in [2.24, 2.45) is 5.92 Å². The zero-order valence-corrected chi connectivity index (χ0v) is 11.2. The minimum atomic E-state index is -1.38. The van der Waals surface area contributed by atoms with Gasteiger partial charge in [-0.3, -0.25) is 0 Å². The van der Waals surface area contributed by atoms with Gasteiger partial charge in [0.25, 0.3) is 0 Å². The van der Waals surface area contributed by atoms with Crippen LogP contribution >= 0.6 is 0 Å². The Morgan fingerprint density at radius 2 is 2.00 bits per heavy atom. The monoisotopic (exact) mass is 246 g/mol. The SMILES string of the molecule is CC1CCCC(OC(=O)C(O)CO)C1.CCC. The van der Waals surface area contributed by atoms with Gasteiger partial charge in [0.2, 0.25) is 0 Å². The average molecular weight is 246 g/mol. The number of carbonyl (C=O) groups excluding carboxylic acids is 1. The molecule has 4 heteroatoms. The Balaban J connectivity index is 0.000000770. The Bertz CT molecular complexity index is 206. The number of hydrogen-bond donors (Lipinski definition) is 2. The molecule has 0 aromatic rings. The molecule has 1 rings (SSSR count). The number of rotatable bonds is 3. The molecule has 0 heterocycles. The second-order valence-electron chi connectivity index (χ2n) is 4.74. The van der Waals surface area contributed by atoms with Crippen molar-refractivity contribution in [2.45, 2.75) is 65.1 Å². The quantitative estimate of drug-likeness (QED) is 0.746. The molecule has 0 saturated heterocycles. The van der Waals surface area contributed by atoms with Crippen molar-refractivity contribution in [1.82, 2.24) is 0 Å². The first-order chi connectivity index (χ1) is 8.04. The van der Waals surface area contributed by atoms with Crippen molar-refractivity contribution in [3.05, 3.63) is 0 Å². The number of aliphatic hydroxyl groups is 2. The molecule has 17 heavy (non-hydrogen) atoms. The summed E-state index contributed by atoms with van der Waals surface area (Å²) in [5, 5.41) is 17.5. The molecule has 1 aliphatic carbocycles. The summed E-state index contributed by atoms with van der Waals surface area (Å²) in [4.78, 5) is 11.1. The lowest BCUT2D eigenvalue weighted by molar-refractivity contribution is -0.163. The van der Waals surface area contributed by atoms with Crippen molar-refractivity contribution in [1.29, 1.82) is 0 Å². The van der Waals surface area contributed by atoms with Crippen LogP contribution in [-0.2, 0) is 9.53 Å². The van der Waals surface area contributed by atoms with Gasteiger partial charge in [-0.2, -0.15) is 0 Å². The summed E-state index contributed by atoms with van der Waals surface area (Å²) in [6.07, 6.45) is 3.77. The molecule has 3 atom stereocenters. The number of esters is 1. The summed E-state index contributed by atoms with van der Waals surface area (Å²) < 4.78 is 5.07. The Morgan fingerprint density at radius 3 is 2.47 bits per heavy atom. The molecule has 0 spiro atoms. The van der Waals surface area contributed by atoms with Crippen molar-refractivity contribution in [3.8, 4) is 0 Å². The van der Waals surface area contributed by atoms with Gasteiger partial charge in [-0.15, -0.1) is 0 Å². The first-order valence-electron chi connectivity index (χ1n) is 6.54. The standard InChI is InChI=1S/C10H18O4.C3H8/c1-7-3-2-4-8(5-7)14-10(13)9(12)6-11;1-3-2/h7-9,11-12H,2-6H2,1H3;3H2,1-2H3. The molecule has 3 unspecified atom stereocenters. The summed E-state index contributed by atoms with van der Waals surface area (Å²) in [7, 11) is 0. The molecule has 0 aromatic heterocycles. The number of aliphatic hydroxyl groups excluding tert-OH is 2. The van der Waals surface area contributed by atoms with Crippen LogP contribution in [-0.4, -0.2) is 35.0 Å². The van der Waals surface area contributed by atoms with Crippen molar-refractivity contribution in [2.75, 3.05) is 6.61 Å². The summed E-state index contributed by atoms with van der Waals surface area (Å²) in [6.45, 7) is 5.81. The third-order valence-corrected chi connectivity index (χ3v) is 2.62. The smallest absolute Gasteiger partial charge is 0.337 e. The lowest BCUT2D eigenvalue weighted by Gasteiger charge is -2.27. The number of carbonyl (C=O) groups is 1. The highest BCUT2D eigenvalue weighted by atomic mass is 16.6. The van der Waals surface area contributed by atoms with Gasteiger partial charge in [0.1, 0.15) is 6.10 Å². The van der Waals surface area contributed by atoms with Gasteiger partial charge < -0.3 is 14.9 Å². The zero-order valence-electron chi connectivity index (χ0n) is 11.2. The summed E-state index contributed by atoms with van der Waals surface area (Å²) in [5.74, 6) is -0.126. The molecular formula is C13H26O4. The van der Waals surface area contributed by atoms with Gasteiger partial charge in [0.05, 0.1) is 6.61 Å². The van der Waals surface area contributed by atoms with E-state index in [-0.39, 0.29) is 6.10 Å². The van der Waals surface area contributed by atoms with Crippen LogP contribution in [0, 0.1) is 5.92 Å². The summed E-state index contributed by atoms with van der Waals surface area (Å²) in [5.41, 5.74) is 0. The first-order valence-corrected chi connectivity index (χ1v) is 6.54. The minimum Gasteiger partial charge on any atom is -0.460 e. The van der Waals surface area contributed by atoms with Crippen LogP contribution in [0.25, 0.3) is 0 Å². The molecular weight excluding hydrogens is 220 g/mol. The van der Waals surface area contributed by atoms with Crippen LogP contribution in [0.4, 0.5) is 0 Å². The maximum absolute atomic E-state index is 11.1. The van der Waals surface area contributed by atoms with Crippen molar-refractivity contribution in [3.63, 3.8) is 0 Å². The molecule has 0 aliphatic heterocycles. The second kappa shape index (κ2) is 9.42. The van der Waals surface area contributed by atoms with Gasteiger partial charge in [0, 0.05) is 0 Å². The van der Waals surface area contributed by atoms with Crippen LogP contribution in [0.2, 0.25) is 0 Å². The minimum absolute atomic E-state index is 0.0764. The van der Waals surface area contributed by atoms with E-state index in [4.69, 9.17) is 14.9 Å². The molecule has 102 valence electrons. The van der Waals surface area contributed by atoms with Crippen molar-refractivity contribution < 1.29 is 19.7 Å². The van der Waals surface area contributed by atoms with E-state index in [9.17, 15) is 4.79 Å². The van der Waals surface area contributed by atoms with E-state index >= 15 is 0 Å². The van der Waals surface area contributed by atoms with Gasteiger partial charge in [-0.25, -0.2) is 4.79 Å².